The van der Waals surface area contributed by atoms with Crippen LogP contribution in [0.2, 0.25) is 10.0 Å². The molecule has 0 unspecified atom stereocenters. The van der Waals surface area contributed by atoms with Crippen LogP contribution >= 0.6 is 23.2 Å². The van der Waals surface area contributed by atoms with Gasteiger partial charge in [-0.2, -0.15) is 0 Å². The fourth-order valence-corrected chi connectivity index (χ4v) is 5.88. The number of anilines is 1. The second kappa shape index (κ2) is 13.6. The number of carbonyl (C=O) groups excluding carboxylic acids is 2. The van der Waals surface area contributed by atoms with Gasteiger partial charge in [0.05, 0.1) is 22.0 Å². The van der Waals surface area contributed by atoms with E-state index in [-0.39, 0.29) is 43.8 Å². The molecule has 1 aliphatic rings. The maximum Gasteiger partial charge on any atom is 0.242 e. The molecule has 7 nitrogen and oxygen atoms in total. The predicted octanol–water partition coefficient (Wildman–Crippen LogP) is 5.54. The zero-order valence-corrected chi connectivity index (χ0v) is 24.0. The van der Waals surface area contributed by atoms with Crippen molar-refractivity contribution in [1.82, 2.24) is 10.2 Å². The number of hydrogen-bond donors (Lipinski definition) is 1. The van der Waals surface area contributed by atoms with Gasteiger partial charge in [-0.15, -0.1) is 0 Å². The minimum Gasteiger partial charge on any atom is -0.352 e. The van der Waals surface area contributed by atoms with Crippen LogP contribution in [0.3, 0.4) is 0 Å². The highest BCUT2D eigenvalue weighted by atomic mass is 35.5. The lowest BCUT2D eigenvalue weighted by Gasteiger charge is -2.31. The van der Waals surface area contributed by atoms with E-state index in [4.69, 9.17) is 23.2 Å². The van der Waals surface area contributed by atoms with Crippen molar-refractivity contribution in [3.05, 3.63) is 63.9 Å². The van der Waals surface area contributed by atoms with Crippen LogP contribution in [0.4, 0.5) is 10.1 Å². The Balaban J connectivity index is 1.73. The van der Waals surface area contributed by atoms with Crippen LogP contribution in [0.1, 0.15) is 57.4 Å². The number of hydrogen-bond acceptors (Lipinski definition) is 4. The Morgan fingerprint density at radius 3 is 2.32 bits per heavy atom. The number of halogens is 3. The Labute approximate surface area is 234 Å². The third-order valence-corrected chi connectivity index (χ3v) is 8.66. The van der Waals surface area contributed by atoms with E-state index in [0.29, 0.717) is 21.3 Å². The molecular formula is C27H34Cl2FN3O4S. The smallest absolute Gasteiger partial charge is 0.242 e. The molecule has 0 aliphatic heterocycles. The number of benzene rings is 2. The molecule has 0 saturated heterocycles. The van der Waals surface area contributed by atoms with Gasteiger partial charge in [-0.25, -0.2) is 12.8 Å². The molecule has 1 fully saturated rings. The molecule has 11 heteroatoms. The van der Waals surface area contributed by atoms with E-state index in [1.54, 1.807) is 25.1 Å². The summed E-state index contributed by atoms with van der Waals surface area (Å²) < 4.78 is 39.2. The predicted molar refractivity (Wildman–Crippen MR) is 149 cm³/mol. The summed E-state index contributed by atoms with van der Waals surface area (Å²) in [6.07, 6.45) is 6.41. The fourth-order valence-electron chi connectivity index (χ4n) is 4.60. The summed E-state index contributed by atoms with van der Waals surface area (Å²) in [5.41, 5.74) is 1.03. The standard InChI is InChI=1S/C27H34Cl2FN3O4S/c1-19(27(35)31-22-7-4-3-5-8-22)32(18-20-10-15-24(28)25(29)17-20)26(34)9-6-16-33(38(2,36)37)23-13-11-21(30)12-14-23/h10-15,17,19,22H,3-9,16,18H2,1-2H3,(H,31,35)/t19-/m0/s1. The first-order valence-corrected chi connectivity index (χ1v) is 15.3. The van der Waals surface area contributed by atoms with Crippen LogP contribution in [0, 0.1) is 5.82 Å². The highest BCUT2D eigenvalue weighted by molar-refractivity contribution is 7.92. The molecule has 208 valence electrons. The first-order valence-electron chi connectivity index (χ1n) is 12.7. The summed E-state index contributed by atoms with van der Waals surface area (Å²) in [7, 11) is -3.66. The zero-order chi connectivity index (χ0) is 27.9. The summed E-state index contributed by atoms with van der Waals surface area (Å²) in [4.78, 5) is 28.0. The lowest BCUT2D eigenvalue weighted by atomic mass is 9.95. The summed E-state index contributed by atoms with van der Waals surface area (Å²) >= 11 is 12.2. The van der Waals surface area contributed by atoms with Gasteiger partial charge in [0.15, 0.2) is 0 Å². The maximum atomic E-state index is 13.4. The zero-order valence-electron chi connectivity index (χ0n) is 21.6. The minimum atomic E-state index is -3.66. The second-order valence-electron chi connectivity index (χ2n) is 9.70. The lowest BCUT2D eigenvalue weighted by molar-refractivity contribution is -0.141. The van der Waals surface area contributed by atoms with E-state index in [1.165, 1.54) is 29.2 Å². The van der Waals surface area contributed by atoms with Crippen molar-refractivity contribution in [2.45, 2.75) is 70.5 Å². The monoisotopic (exact) mass is 585 g/mol. The molecule has 1 atom stereocenters. The van der Waals surface area contributed by atoms with Crippen molar-refractivity contribution in [3.8, 4) is 0 Å². The number of rotatable bonds is 11. The quantitative estimate of drug-likeness (QED) is 0.375. The van der Waals surface area contributed by atoms with Crippen molar-refractivity contribution in [1.29, 1.82) is 0 Å². The van der Waals surface area contributed by atoms with E-state index in [9.17, 15) is 22.4 Å². The van der Waals surface area contributed by atoms with Crippen LogP contribution in [0.15, 0.2) is 42.5 Å². The van der Waals surface area contributed by atoms with E-state index in [0.717, 1.165) is 42.7 Å². The van der Waals surface area contributed by atoms with Gasteiger partial charge in [-0.05, 0) is 68.1 Å². The topological polar surface area (TPSA) is 86.8 Å². The average molecular weight is 587 g/mol. The average Bonchev–Trinajstić information content (AvgIpc) is 2.87. The maximum absolute atomic E-state index is 13.4. The van der Waals surface area contributed by atoms with Crippen LogP contribution < -0.4 is 9.62 Å². The van der Waals surface area contributed by atoms with Gasteiger partial charge in [0.2, 0.25) is 21.8 Å². The molecule has 2 aromatic rings. The highest BCUT2D eigenvalue weighted by Gasteiger charge is 2.28. The summed E-state index contributed by atoms with van der Waals surface area (Å²) in [6.45, 7) is 1.86. The third kappa shape index (κ3) is 8.58. The van der Waals surface area contributed by atoms with E-state index >= 15 is 0 Å². The molecular weight excluding hydrogens is 552 g/mol. The van der Waals surface area contributed by atoms with E-state index in [2.05, 4.69) is 5.32 Å². The van der Waals surface area contributed by atoms with Gasteiger partial charge in [0, 0.05) is 25.6 Å². The van der Waals surface area contributed by atoms with Crippen LogP contribution in [-0.4, -0.2) is 50.0 Å². The largest absolute Gasteiger partial charge is 0.352 e. The molecule has 0 bridgehead atoms. The lowest BCUT2D eigenvalue weighted by Crippen LogP contribution is -2.50. The molecule has 3 rings (SSSR count). The molecule has 1 aliphatic carbocycles. The number of sulfonamides is 1. The first-order chi connectivity index (χ1) is 18.0. The van der Waals surface area contributed by atoms with Crippen molar-refractivity contribution in [2.75, 3.05) is 17.1 Å². The van der Waals surface area contributed by atoms with Crippen LogP contribution in [-0.2, 0) is 26.2 Å². The molecule has 0 spiro atoms. The number of nitrogens with zero attached hydrogens (tertiary/aromatic N) is 2. The fraction of sp³-hybridized carbons (Fsp3) is 0.481. The Kier molecular flexibility index (Phi) is 10.8. The molecule has 0 radical (unpaired) electrons. The molecule has 1 saturated carbocycles. The summed E-state index contributed by atoms with van der Waals surface area (Å²) in [5, 5.41) is 3.82. The molecule has 1 N–H and O–H groups in total. The van der Waals surface area contributed by atoms with Crippen LogP contribution in [0.25, 0.3) is 0 Å². The normalized spacial score (nSPS) is 15.1. The Bertz CT molecular complexity index is 1220. The SMILES string of the molecule is C[C@@H](C(=O)NC1CCCCC1)N(Cc1ccc(Cl)c(Cl)c1)C(=O)CCCN(c1ccc(F)cc1)S(C)(=O)=O. The number of carbonyl (C=O) groups is 2. The number of amides is 2. The Morgan fingerprint density at radius 1 is 1.05 bits per heavy atom. The summed E-state index contributed by atoms with van der Waals surface area (Å²) in [6, 6.07) is 9.53. The van der Waals surface area contributed by atoms with Gasteiger partial charge in [-0.3, -0.25) is 13.9 Å². The van der Waals surface area contributed by atoms with E-state index < -0.39 is 21.9 Å². The van der Waals surface area contributed by atoms with Crippen LogP contribution in [0.5, 0.6) is 0 Å². The molecule has 0 aromatic heterocycles. The van der Waals surface area contributed by atoms with Crippen molar-refractivity contribution in [3.63, 3.8) is 0 Å². The van der Waals surface area contributed by atoms with Crippen molar-refractivity contribution < 1.29 is 22.4 Å². The minimum absolute atomic E-state index is 0.00951. The number of nitrogens with one attached hydrogen (secondary N) is 1. The van der Waals surface area contributed by atoms with Gasteiger partial charge >= 0.3 is 0 Å². The first kappa shape index (κ1) is 30.2. The highest BCUT2D eigenvalue weighted by Crippen LogP contribution is 2.25. The van der Waals surface area contributed by atoms with E-state index in [1.807, 2.05) is 0 Å². The molecule has 2 amide bonds. The van der Waals surface area contributed by atoms with Gasteiger partial charge < -0.3 is 10.2 Å². The van der Waals surface area contributed by atoms with Crippen molar-refractivity contribution in [2.24, 2.45) is 0 Å². The van der Waals surface area contributed by atoms with Gasteiger partial charge in [0.25, 0.3) is 0 Å². The molecule has 38 heavy (non-hydrogen) atoms. The summed E-state index contributed by atoms with van der Waals surface area (Å²) in [5.74, 6) is -1.000. The molecule has 0 heterocycles. The second-order valence-corrected chi connectivity index (χ2v) is 12.4. The van der Waals surface area contributed by atoms with Gasteiger partial charge in [0.1, 0.15) is 11.9 Å². The third-order valence-electron chi connectivity index (χ3n) is 6.72. The Hall–Kier alpha value is -2.36. The molecule has 2 aromatic carbocycles. The Morgan fingerprint density at radius 2 is 1.71 bits per heavy atom. The van der Waals surface area contributed by atoms with Crippen molar-refractivity contribution >= 4 is 50.7 Å². The van der Waals surface area contributed by atoms with Gasteiger partial charge in [-0.1, -0.05) is 48.5 Å².